The molecule has 0 bridgehead atoms. The number of pyridine rings is 1. The smallest absolute Gasteiger partial charge is 0.262 e. The number of benzene rings is 1. The van der Waals surface area contributed by atoms with Gasteiger partial charge in [-0.3, -0.25) is 9.59 Å². The van der Waals surface area contributed by atoms with E-state index >= 15 is 0 Å². The monoisotopic (exact) mass is 291 g/mol. The Morgan fingerprint density at radius 2 is 2.05 bits per heavy atom. The summed E-state index contributed by atoms with van der Waals surface area (Å²) in [5.41, 5.74) is 1.09. The molecule has 0 unspecified atom stereocenters. The second kappa shape index (κ2) is 5.92. The number of halogens is 1. The third-order valence-electron chi connectivity index (χ3n) is 2.96. The molecule has 0 fully saturated rings. The van der Waals surface area contributed by atoms with Crippen LogP contribution < -0.4 is 10.3 Å². The molecule has 4 nitrogen and oxygen atoms in total. The Morgan fingerprint density at radius 3 is 2.70 bits per heavy atom. The predicted molar refractivity (Wildman–Crippen MR) is 78.5 cm³/mol. The predicted octanol–water partition coefficient (Wildman–Crippen LogP) is 2.83. The summed E-state index contributed by atoms with van der Waals surface area (Å²) in [6.45, 7) is 2.48. The first kappa shape index (κ1) is 14.3. The van der Waals surface area contributed by atoms with Crippen molar-refractivity contribution in [3.8, 4) is 17.0 Å². The van der Waals surface area contributed by atoms with Gasteiger partial charge >= 0.3 is 0 Å². The lowest BCUT2D eigenvalue weighted by molar-refractivity contribution is 0.107. The zero-order valence-corrected chi connectivity index (χ0v) is 12.0. The van der Waals surface area contributed by atoms with Crippen molar-refractivity contribution in [2.24, 2.45) is 7.05 Å². The minimum atomic E-state index is -0.750. The van der Waals surface area contributed by atoms with Crippen LogP contribution in [-0.4, -0.2) is 16.4 Å². The number of aromatic nitrogens is 1. The first-order valence-electron chi connectivity index (χ1n) is 6.17. The Balaban J connectivity index is 2.54. The number of hydrogen-bond donors (Lipinski definition) is 0. The van der Waals surface area contributed by atoms with E-state index in [1.165, 1.54) is 10.6 Å². The molecule has 2 aromatic rings. The number of ether oxygens (including phenoxy) is 1. The molecule has 20 heavy (non-hydrogen) atoms. The standard InChI is InChI=1S/C15H14ClNO3/c1-3-20-11-6-4-5-10(9-11)13-8-7-12(14(16)18)15(19)17(13)2/h4-9H,3H2,1-2H3. The Kier molecular flexibility index (Phi) is 4.25. The van der Waals surface area contributed by atoms with Crippen molar-refractivity contribution in [1.82, 2.24) is 4.57 Å². The van der Waals surface area contributed by atoms with Gasteiger partial charge in [0.1, 0.15) is 5.75 Å². The summed E-state index contributed by atoms with van der Waals surface area (Å²) in [5.74, 6) is 0.731. The molecule has 0 N–H and O–H groups in total. The van der Waals surface area contributed by atoms with Crippen molar-refractivity contribution >= 4 is 16.8 Å². The van der Waals surface area contributed by atoms with Crippen molar-refractivity contribution in [2.45, 2.75) is 6.92 Å². The molecule has 0 spiro atoms. The Bertz CT molecular complexity index is 707. The van der Waals surface area contributed by atoms with Gasteiger partial charge in [-0.1, -0.05) is 12.1 Å². The Morgan fingerprint density at radius 1 is 1.30 bits per heavy atom. The van der Waals surface area contributed by atoms with Gasteiger partial charge in [0.05, 0.1) is 17.9 Å². The van der Waals surface area contributed by atoms with Crippen LogP contribution in [0.2, 0.25) is 0 Å². The Labute approximate surface area is 121 Å². The third kappa shape index (κ3) is 2.75. The van der Waals surface area contributed by atoms with Gasteiger partial charge in [0.15, 0.2) is 0 Å². The summed E-state index contributed by atoms with van der Waals surface area (Å²) in [4.78, 5) is 23.2. The average Bonchev–Trinajstić information content (AvgIpc) is 2.42. The summed E-state index contributed by atoms with van der Waals surface area (Å²) in [6, 6.07) is 10.6. The minimum Gasteiger partial charge on any atom is -0.494 e. The van der Waals surface area contributed by atoms with Crippen LogP contribution in [0, 0.1) is 0 Å². The van der Waals surface area contributed by atoms with Gasteiger partial charge in [0.25, 0.3) is 10.8 Å². The summed E-state index contributed by atoms with van der Waals surface area (Å²) in [6.07, 6.45) is 0. The van der Waals surface area contributed by atoms with Gasteiger partial charge in [-0.05, 0) is 42.8 Å². The molecule has 0 atom stereocenters. The molecule has 0 aliphatic heterocycles. The normalized spacial score (nSPS) is 10.3. The largest absolute Gasteiger partial charge is 0.494 e. The van der Waals surface area contributed by atoms with E-state index in [4.69, 9.17) is 16.3 Å². The highest BCUT2D eigenvalue weighted by Crippen LogP contribution is 2.23. The van der Waals surface area contributed by atoms with Crippen molar-refractivity contribution < 1.29 is 9.53 Å². The quantitative estimate of drug-likeness (QED) is 0.814. The first-order valence-corrected chi connectivity index (χ1v) is 6.55. The van der Waals surface area contributed by atoms with E-state index in [1.807, 2.05) is 31.2 Å². The fraction of sp³-hybridized carbons (Fsp3) is 0.200. The lowest BCUT2D eigenvalue weighted by Crippen LogP contribution is -2.23. The van der Waals surface area contributed by atoms with E-state index in [1.54, 1.807) is 13.1 Å². The van der Waals surface area contributed by atoms with Crippen LogP contribution in [0.15, 0.2) is 41.2 Å². The van der Waals surface area contributed by atoms with E-state index in [9.17, 15) is 9.59 Å². The summed E-state index contributed by atoms with van der Waals surface area (Å²) < 4.78 is 6.84. The van der Waals surface area contributed by atoms with Gasteiger partial charge < -0.3 is 9.30 Å². The summed E-state index contributed by atoms with van der Waals surface area (Å²) in [5, 5.41) is -0.750. The molecule has 0 saturated carbocycles. The number of hydrogen-bond acceptors (Lipinski definition) is 3. The van der Waals surface area contributed by atoms with Gasteiger partial charge in [0.2, 0.25) is 0 Å². The molecule has 0 aliphatic carbocycles. The lowest BCUT2D eigenvalue weighted by atomic mass is 10.1. The van der Waals surface area contributed by atoms with Crippen LogP contribution >= 0.6 is 11.6 Å². The molecule has 1 aromatic carbocycles. The summed E-state index contributed by atoms with van der Waals surface area (Å²) in [7, 11) is 1.61. The molecular formula is C15H14ClNO3. The van der Waals surface area contributed by atoms with Gasteiger partial charge in [-0.2, -0.15) is 0 Å². The number of carbonyl (C=O) groups is 1. The van der Waals surface area contributed by atoms with Crippen molar-refractivity contribution in [3.63, 3.8) is 0 Å². The molecule has 1 aromatic heterocycles. The molecule has 0 saturated heterocycles. The maximum Gasteiger partial charge on any atom is 0.262 e. The first-order chi connectivity index (χ1) is 9.54. The van der Waals surface area contributed by atoms with Crippen molar-refractivity contribution in [3.05, 3.63) is 52.3 Å². The van der Waals surface area contributed by atoms with Crippen molar-refractivity contribution in [1.29, 1.82) is 0 Å². The molecular weight excluding hydrogens is 278 g/mol. The maximum absolute atomic E-state index is 12.0. The topological polar surface area (TPSA) is 48.3 Å². The molecule has 0 aliphatic rings. The van der Waals surface area contributed by atoms with Crippen LogP contribution in [0.4, 0.5) is 0 Å². The highest BCUT2D eigenvalue weighted by atomic mass is 35.5. The van der Waals surface area contributed by atoms with Crippen LogP contribution in [0.25, 0.3) is 11.3 Å². The molecule has 104 valence electrons. The maximum atomic E-state index is 12.0. The van der Waals surface area contributed by atoms with Crippen LogP contribution in [0.5, 0.6) is 5.75 Å². The lowest BCUT2D eigenvalue weighted by Gasteiger charge is -2.11. The molecule has 5 heteroatoms. The second-order valence-corrected chi connectivity index (χ2v) is 4.57. The van der Waals surface area contributed by atoms with Crippen LogP contribution in [0.1, 0.15) is 17.3 Å². The SMILES string of the molecule is CCOc1cccc(-c2ccc(C(=O)Cl)c(=O)n2C)c1. The Hall–Kier alpha value is -2.07. The van der Waals surface area contributed by atoms with Crippen LogP contribution in [-0.2, 0) is 7.05 Å². The van der Waals surface area contributed by atoms with Gasteiger partial charge in [-0.15, -0.1) is 0 Å². The van der Waals surface area contributed by atoms with Crippen LogP contribution in [0.3, 0.4) is 0 Å². The minimum absolute atomic E-state index is 0.0288. The summed E-state index contributed by atoms with van der Waals surface area (Å²) >= 11 is 5.37. The average molecular weight is 292 g/mol. The highest BCUT2D eigenvalue weighted by molar-refractivity contribution is 6.67. The zero-order valence-electron chi connectivity index (χ0n) is 11.2. The highest BCUT2D eigenvalue weighted by Gasteiger charge is 2.12. The number of carbonyl (C=O) groups excluding carboxylic acids is 1. The van der Waals surface area contributed by atoms with E-state index in [0.717, 1.165) is 11.3 Å². The van der Waals surface area contributed by atoms with E-state index < -0.39 is 10.8 Å². The molecule has 2 rings (SSSR count). The van der Waals surface area contributed by atoms with E-state index in [-0.39, 0.29) is 5.56 Å². The zero-order chi connectivity index (χ0) is 14.7. The fourth-order valence-electron chi connectivity index (χ4n) is 1.99. The molecule has 1 heterocycles. The molecule has 0 amide bonds. The van der Waals surface area contributed by atoms with E-state index in [0.29, 0.717) is 12.3 Å². The number of nitrogens with zero attached hydrogens (tertiary/aromatic N) is 1. The number of rotatable bonds is 4. The molecule has 0 radical (unpaired) electrons. The third-order valence-corrected chi connectivity index (χ3v) is 3.16. The fourth-order valence-corrected chi connectivity index (χ4v) is 2.13. The van der Waals surface area contributed by atoms with Gasteiger partial charge in [-0.25, -0.2) is 0 Å². The van der Waals surface area contributed by atoms with Gasteiger partial charge in [0, 0.05) is 12.6 Å². The second-order valence-electron chi connectivity index (χ2n) is 4.23. The van der Waals surface area contributed by atoms with Crippen molar-refractivity contribution in [2.75, 3.05) is 6.61 Å². The van der Waals surface area contributed by atoms with E-state index in [2.05, 4.69) is 0 Å².